The number of ether oxygens (including phenoxy) is 2. The molecule has 0 unspecified atom stereocenters. The molecule has 2 aromatic rings. The number of imide groups is 1. The summed E-state index contributed by atoms with van der Waals surface area (Å²) in [6.45, 7) is 5.02. The topological polar surface area (TPSA) is 68.2 Å². The van der Waals surface area contributed by atoms with Crippen LogP contribution in [0, 0.1) is 0 Å². The Bertz CT molecular complexity index is 826. The zero-order valence-electron chi connectivity index (χ0n) is 14.8. The largest absolute Gasteiger partial charge is 0.490 e. The van der Waals surface area contributed by atoms with E-state index in [-0.39, 0.29) is 0 Å². The molecule has 1 aliphatic rings. The minimum absolute atomic E-state index is 0.368. The number of amides is 2. The van der Waals surface area contributed by atoms with Gasteiger partial charge in [-0.25, -0.2) is 0 Å². The van der Waals surface area contributed by atoms with Crippen LogP contribution in [0.1, 0.15) is 46.5 Å². The van der Waals surface area contributed by atoms with Crippen molar-refractivity contribution in [2.45, 2.75) is 20.3 Å². The van der Waals surface area contributed by atoms with Crippen LogP contribution in [0.2, 0.25) is 0 Å². The van der Waals surface area contributed by atoms with Crippen molar-refractivity contribution in [3.63, 3.8) is 0 Å². The Morgan fingerprint density at radius 1 is 0.962 bits per heavy atom. The minimum atomic E-state index is -0.421. The van der Waals surface area contributed by atoms with Gasteiger partial charge in [0, 0.05) is 0 Å². The van der Waals surface area contributed by atoms with E-state index >= 15 is 0 Å². The first kappa shape index (κ1) is 17.7. The third-order valence-corrected chi connectivity index (χ3v) is 3.82. The van der Waals surface area contributed by atoms with Gasteiger partial charge in [-0.3, -0.25) is 9.59 Å². The van der Waals surface area contributed by atoms with Gasteiger partial charge in [-0.1, -0.05) is 19.1 Å². The number of hydrazone groups is 1. The molecule has 1 heterocycles. The Morgan fingerprint density at radius 2 is 1.65 bits per heavy atom. The fourth-order valence-corrected chi connectivity index (χ4v) is 2.61. The van der Waals surface area contributed by atoms with Crippen LogP contribution in [0.3, 0.4) is 0 Å². The molecule has 0 aliphatic carbocycles. The van der Waals surface area contributed by atoms with Crippen molar-refractivity contribution < 1.29 is 19.1 Å². The summed E-state index contributed by atoms with van der Waals surface area (Å²) < 4.78 is 11.3. The molecule has 0 atom stereocenters. The van der Waals surface area contributed by atoms with Gasteiger partial charge in [0.15, 0.2) is 11.5 Å². The number of nitrogens with zero attached hydrogens (tertiary/aromatic N) is 2. The summed E-state index contributed by atoms with van der Waals surface area (Å²) in [7, 11) is 0. The third kappa shape index (κ3) is 3.44. The van der Waals surface area contributed by atoms with E-state index in [4.69, 9.17) is 9.47 Å². The van der Waals surface area contributed by atoms with Crippen molar-refractivity contribution in [2.24, 2.45) is 5.10 Å². The lowest BCUT2D eigenvalue weighted by Crippen LogP contribution is -2.24. The maximum absolute atomic E-state index is 12.3. The molecule has 0 fully saturated rings. The zero-order chi connectivity index (χ0) is 18.5. The van der Waals surface area contributed by atoms with Crippen molar-refractivity contribution >= 4 is 18.0 Å². The molecule has 134 valence electrons. The van der Waals surface area contributed by atoms with Crippen LogP contribution in [0.15, 0.2) is 47.6 Å². The molecule has 0 radical (unpaired) electrons. The highest BCUT2D eigenvalue weighted by Gasteiger charge is 2.35. The highest BCUT2D eigenvalue weighted by molar-refractivity contribution is 6.21. The normalized spacial score (nSPS) is 13.4. The molecule has 0 bridgehead atoms. The number of hydrogen-bond acceptors (Lipinski definition) is 5. The lowest BCUT2D eigenvalue weighted by Gasteiger charge is -2.12. The van der Waals surface area contributed by atoms with Crippen LogP contribution in [-0.4, -0.2) is 36.3 Å². The molecule has 6 nitrogen and oxygen atoms in total. The monoisotopic (exact) mass is 352 g/mol. The molecule has 6 heteroatoms. The number of rotatable bonds is 7. The minimum Gasteiger partial charge on any atom is -0.490 e. The SMILES string of the molecule is CCCOc1ccc(/C=N\N2C(=O)c3ccccc3C2=O)cc1OCC. The van der Waals surface area contributed by atoms with Gasteiger partial charge in [0.05, 0.1) is 30.6 Å². The Kier molecular flexibility index (Phi) is 5.31. The fraction of sp³-hybridized carbons (Fsp3) is 0.250. The molecule has 26 heavy (non-hydrogen) atoms. The van der Waals surface area contributed by atoms with Crippen LogP contribution in [0.5, 0.6) is 11.5 Å². The van der Waals surface area contributed by atoms with Gasteiger partial charge in [-0.2, -0.15) is 10.1 Å². The first-order valence-corrected chi connectivity index (χ1v) is 8.57. The second kappa shape index (κ2) is 7.82. The van der Waals surface area contributed by atoms with Gasteiger partial charge in [-0.05, 0) is 49.2 Å². The lowest BCUT2D eigenvalue weighted by molar-refractivity contribution is 0.0660. The average Bonchev–Trinajstić information content (AvgIpc) is 2.90. The number of benzene rings is 2. The first-order valence-electron chi connectivity index (χ1n) is 8.57. The van der Waals surface area contributed by atoms with E-state index in [0.29, 0.717) is 41.4 Å². The molecule has 3 rings (SSSR count). The fourth-order valence-electron chi connectivity index (χ4n) is 2.61. The summed E-state index contributed by atoms with van der Waals surface area (Å²) in [5.41, 5.74) is 1.44. The number of hydrogen-bond donors (Lipinski definition) is 0. The molecule has 0 saturated carbocycles. The Morgan fingerprint density at radius 3 is 2.27 bits per heavy atom. The molecule has 0 saturated heterocycles. The van der Waals surface area contributed by atoms with E-state index in [1.54, 1.807) is 42.5 Å². The second-order valence-electron chi connectivity index (χ2n) is 5.70. The van der Waals surface area contributed by atoms with Crippen LogP contribution in [0.25, 0.3) is 0 Å². The molecule has 2 amide bonds. The summed E-state index contributed by atoms with van der Waals surface area (Å²) in [6, 6.07) is 12.1. The molecule has 1 aliphatic heterocycles. The van der Waals surface area contributed by atoms with Crippen molar-refractivity contribution in [3.05, 3.63) is 59.2 Å². The summed E-state index contributed by atoms with van der Waals surface area (Å²) in [6.07, 6.45) is 2.36. The van der Waals surface area contributed by atoms with Gasteiger partial charge < -0.3 is 9.47 Å². The van der Waals surface area contributed by atoms with E-state index in [2.05, 4.69) is 5.10 Å². The zero-order valence-corrected chi connectivity index (χ0v) is 14.8. The van der Waals surface area contributed by atoms with Crippen LogP contribution in [-0.2, 0) is 0 Å². The molecular weight excluding hydrogens is 332 g/mol. The molecular formula is C20H20N2O4. The van der Waals surface area contributed by atoms with Crippen LogP contribution < -0.4 is 9.47 Å². The number of carbonyl (C=O) groups is 2. The molecule has 0 aromatic heterocycles. The molecule has 2 aromatic carbocycles. The molecule has 0 spiro atoms. The van der Waals surface area contributed by atoms with E-state index < -0.39 is 11.8 Å². The van der Waals surface area contributed by atoms with Crippen molar-refractivity contribution in [3.8, 4) is 11.5 Å². The first-order chi connectivity index (χ1) is 12.7. The maximum atomic E-state index is 12.3. The third-order valence-electron chi connectivity index (χ3n) is 3.82. The Balaban J connectivity index is 1.81. The number of fused-ring (bicyclic) bond motifs is 1. The van der Waals surface area contributed by atoms with Gasteiger partial charge in [-0.15, -0.1) is 0 Å². The van der Waals surface area contributed by atoms with Gasteiger partial charge in [0.2, 0.25) is 0 Å². The van der Waals surface area contributed by atoms with Gasteiger partial charge >= 0.3 is 0 Å². The average molecular weight is 352 g/mol. The van der Waals surface area contributed by atoms with Gasteiger partial charge in [0.1, 0.15) is 0 Å². The number of carbonyl (C=O) groups excluding carboxylic acids is 2. The quantitative estimate of drug-likeness (QED) is 0.565. The highest BCUT2D eigenvalue weighted by atomic mass is 16.5. The van der Waals surface area contributed by atoms with Crippen LogP contribution in [0.4, 0.5) is 0 Å². The van der Waals surface area contributed by atoms with E-state index in [9.17, 15) is 9.59 Å². The Labute approximate surface area is 152 Å². The lowest BCUT2D eigenvalue weighted by atomic mass is 10.1. The maximum Gasteiger partial charge on any atom is 0.282 e. The van der Waals surface area contributed by atoms with E-state index in [0.717, 1.165) is 11.4 Å². The summed E-state index contributed by atoms with van der Waals surface area (Å²) >= 11 is 0. The van der Waals surface area contributed by atoms with Crippen LogP contribution >= 0.6 is 0 Å². The van der Waals surface area contributed by atoms with Crippen molar-refractivity contribution in [2.75, 3.05) is 13.2 Å². The smallest absolute Gasteiger partial charge is 0.282 e. The highest BCUT2D eigenvalue weighted by Crippen LogP contribution is 2.28. The van der Waals surface area contributed by atoms with E-state index in [1.165, 1.54) is 6.21 Å². The standard InChI is InChI=1S/C20H20N2O4/c1-3-11-26-17-10-9-14(12-18(17)25-4-2)13-21-22-19(23)15-7-5-6-8-16(15)20(22)24/h5-10,12-13H,3-4,11H2,1-2H3/b21-13-. The summed E-state index contributed by atoms with van der Waals surface area (Å²) in [4.78, 5) is 24.6. The summed E-state index contributed by atoms with van der Waals surface area (Å²) in [5, 5.41) is 4.96. The van der Waals surface area contributed by atoms with Crippen molar-refractivity contribution in [1.82, 2.24) is 5.01 Å². The molecule has 0 N–H and O–H groups in total. The predicted octanol–water partition coefficient (Wildman–Crippen LogP) is 3.50. The summed E-state index contributed by atoms with van der Waals surface area (Å²) in [5.74, 6) is 0.420. The van der Waals surface area contributed by atoms with E-state index in [1.807, 2.05) is 13.8 Å². The predicted molar refractivity (Wildman–Crippen MR) is 97.9 cm³/mol. The second-order valence-corrected chi connectivity index (χ2v) is 5.70. The van der Waals surface area contributed by atoms with Crippen molar-refractivity contribution in [1.29, 1.82) is 0 Å². The van der Waals surface area contributed by atoms with Gasteiger partial charge in [0.25, 0.3) is 11.8 Å². The Hall–Kier alpha value is -3.15.